The van der Waals surface area contributed by atoms with Crippen molar-refractivity contribution in [2.75, 3.05) is 6.61 Å². The zero-order chi connectivity index (χ0) is 30.9. The van der Waals surface area contributed by atoms with Crippen LogP contribution in [0.15, 0.2) is 134 Å². The zero-order valence-corrected chi connectivity index (χ0v) is 26.7. The molecule has 4 aromatic carbocycles. The average molecular weight is 577 g/mol. The van der Waals surface area contributed by atoms with E-state index >= 15 is 0 Å². The van der Waals surface area contributed by atoms with Crippen LogP contribution < -0.4 is 0 Å². The number of benzene rings is 4. The largest absolute Gasteiger partial charge is 0.392 e. The Morgan fingerprint density at radius 3 is 1.26 bits per heavy atom. The molecule has 0 unspecified atom stereocenters. The molecule has 2 heteroatoms. The molecule has 1 N–H and O–H groups in total. The average Bonchev–Trinajstić information content (AvgIpc) is 3.03. The van der Waals surface area contributed by atoms with Crippen molar-refractivity contribution in [1.29, 1.82) is 0 Å². The Bertz CT molecular complexity index is 1250. The standard InChI is InChI=1S/C22H28O.C19H24O/c1-4-15-23-22(17-20-13-9-6-10-14-20)21(18(2)3)16-19-11-7-5-8-12-19;1-15(2)18(13-16-9-5-3-6-10-16)19(20)14-17-11-7-4-8-12-17/h4-14,18,21-22H,1,15-17H2,2-3H3;3-12,15,18-20H,13-14H2,1-2H3/t21-,22+;18-,19+/m00/s1. The van der Waals surface area contributed by atoms with Gasteiger partial charge in [-0.05, 0) is 71.6 Å². The summed E-state index contributed by atoms with van der Waals surface area (Å²) >= 11 is 0. The lowest BCUT2D eigenvalue weighted by atomic mass is 9.82. The van der Waals surface area contributed by atoms with Crippen molar-refractivity contribution < 1.29 is 9.84 Å². The monoisotopic (exact) mass is 576 g/mol. The maximum Gasteiger partial charge on any atom is 0.0653 e. The Labute approximate surface area is 261 Å². The van der Waals surface area contributed by atoms with Crippen molar-refractivity contribution >= 4 is 0 Å². The van der Waals surface area contributed by atoms with Gasteiger partial charge in [0.2, 0.25) is 0 Å². The first kappa shape index (κ1) is 34.0. The number of hydrogen-bond acceptors (Lipinski definition) is 2. The molecule has 2 nitrogen and oxygen atoms in total. The molecule has 0 radical (unpaired) electrons. The molecule has 4 atom stereocenters. The van der Waals surface area contributed by atoms with E-state index in [2.05, 4.69) is 131 Å². The van der Waals surface area contributed by atoms with Crippen LogP contribution >= 0.6 is 0 Å². The van der Waals surface area contributed by atoms with Crippen LogP contribution in [0.25, 0.3) is 0 Å². The van der Waals surface area contributed by atoms with Crippen molar-refractivity contribution in [2.24, 2.45) is 23.7 Å². The quantitative estimate of drug-likeness (QED) is 0.143. The second-order valence-electron chi connectivity index (χ2n) is 12.3. The van der Waals surface area contributed by atoms with E-state index in [0.717, 1.165) is 25.7 Å². The van der Waals surface area contributed by atoms with Gasteiger partial charge in [0, 0.05) is 0 Å². The van der Waals surface area contributed by atoms with Gasteiger partial charge in [0.15, 0.2) is 0 Å². The van der Waals surface area contributed by atoms with Crippen LogP contribution in [0, 0.1) is 23.7 Å². The highest BCUT2D eigenvalue weighted by atomic mass is 16.5. The maximum atomic E-state index is 10.6. The first-order chi connectivity index (χ1) is 20.9. The first-order valence-corrected chi connectivity index (χ1v) is 15.9. The second kappa shape index (κ2) is 18.9. The highest BCUT2D eigenvalue weighted by molar-refractivity contribution is 5.19. The van der Waals surface area contributed by atoms with Gasteiger partial charge in [0.1, 0.15) is 0 Å². The van der Waals surface area contributed by atoms with Gasteiger partial charge in [0.05, 0.1) is 18.8 Å². The van der Waals surface area contributed by atoms with Gasteiger partial charge in [-0.25, -0.2) is 0 Å². The third kappa shape index (κ3) is 12.4. The Morgan fingerprint density at radius 2 is 0.884 bits per heavy atom. The number of rotatable bonds is 15. The second-order valence-corrected chi connectivity index (χ2v) is 12.3. The minimum Gasteiger partial charge on any atom is -0.392 e. The molecule has 0 aliphatic carbocycles. The molecule has 0 fully saturated rings. The molecule has 0 saturated carbocycles. The van der Waals surface area contributed by atoms with Gasteiger partial charge in [-0.1, -0.05) is 155 Å². The molecule has 228 valence electrons. The summed E-state index contributed by atoms with van der Waals surface area (Å²) in [7, 11) is 0. The van der Waals surface area contributed by atoms with Crippen LogP contribution in [0.2, 0.25) is 0 Å². The third-order valence-electron chi connectivity index (χ3n) is 8.31. The maximum absolute atomic E-state index is 10.6. The van der Waals surface area contributed by atoms with Crippen LogP contribution in [0.1, 0.15) is 49.9 Å². The predicted octanol–water partition coefficient (Wildman–Crippen LogP) is 9.42. The lowest BCUT2D eigenvalue weighted by Gasteiger charge is -2.30. The lowest BCUT2D eigenvalue weighted by Crippen LogP contribution is -2.32. The van der Waals surface area contributed by atoms with Gasteiger partial charge in [-0.15, -0.1) is 6.58 Å². The molecular weight excluding hydrogens is 524 g/mol. The summed E-state index contributed by atoms with van der Waals surface area (Å²) in [4.78, 5) is 0. The Hall–Kier alpha value is -3.46. The summed E-state index contributed by atoms with van der Waals surface area (Å²) in [6, 6.07) is 42.1. The number of aliphatic hydroxyl groups is 1. The van der Waals surface area contributed by atoms with Crippen molar-refractivity contribution in [1.82, 2.24) is 0 Å². The molecule has 0 saturated heterocycles. The van der Waals surface area contributed by atoms with Crippen LogP contribution in [0.3, 0.4) is 0 Å². The molecule has 4 rings (SSSR count). The lowest BCUT2D eigenvalue weighted by molar-refractivity contribution is 0.0130. The Morgan fingerprint density at radius 1 is 0.535 bits per heavy atom. The smallest absolute Gasteiger partial charge is 0.0653 e. The Balaban J connectivity index is 0.000000238. The van der Waals surface area contributed by atoms with Gasteiger partial charge in [-0.3, -0.25) is 0 Å². The SMILES string of the molecule is C=CCO[C@H](Cc1ccccc1)[C@@H](Cc1ccccc1)C(C)C.CC(C)[C@H](Cc1ccccc1)[C@H](O)Cc1ccccc1. The highest BCUT2D eigenvalue weighted by Crippen LogP contribution is 2.26. The van der Waals surface area contributed by atoms with Crippen molar-refractivity contribution in [3.63, 3.8) is 0 Å². The molecule has 0 spiro atoms. The minimum atomic E-state index is -0.294. The van der Waals surface area contributed by atoms with E-state index in [9.17, 15) is 5.11 Å². The van der Waals surface area contributed by atoms with E-state index in [1.54, 1.807) is 0 Å². The van der Waals surface area contributed by atoms with Gasteiger partial charge in [0.25, 0.3) is 0 Å². The van der Waals surface area contributed by atoms with Crippen molar-refractivity contribution in [3.8, 4) is 0 Å². The van der Waals surface area contributed by atoms with Crippen LogP contribution in [-0.4, -0.2) is 23.9 Å². The van der Waals surface area contributed by atoms with E-state index in [1.165, 1.54) is 22.3 Å². The summed E-state index contributed by atoms with van der Waals surface area (Å²) in [5.74, 6) is 1.80. The summed E-state index contributed by atoms with van der Waals surface area (Å²) in [5, 5.41) is 10.6. The van der Waals surface area contributed by atoms with Gasteiger partial charge >= 0.3 is 0 Å². The fourth-order valence-electron chi connectivity index (χ4n) is 5.76. The predicted molar refractivity (Wildman–Crippen MR) is 183 cm³/mol. The molecular formula is C41H52O2. The zero-order valence-electron chi connectivity index (χ0n) is 26.7. The van der Waals surface area contributed by atoms with Crippen LogP contribution in [0.5, 0.6) is 0 Å². The van der Waals surface area contributed by atoms with E-state index in [4.69, 9.17) is 4.74 Å². The van der Waals surface area contributed by atoms with Crippen molar-refractivity contribution in [3.05, 3.63) is 156 Å². The third-order valence-corrected chi connectivity index (χ3v) is 8.31. The molecule has 0 aliphatic heterocycles. The Kier molecular flexibility index (Phi) is 15.0. The molecule has 43 heavy (non-hydrogen) atoms. The van der Waals surface area contributed by atoms with Crippen molar-refractivity contribution in [2.45, 2.75) is 65.6 Å². The van der Waals surface area contributed by atoms with Crippen LogP contribution in [0.4, 0.5) is 0 Å². The van der Waals surface area contributed by atoms with Crippen LogP contribution in [-0.2, 0) is 30.4 Å². The normalized spacial score (nSPS) is 13.9. The van der Waals surface area contributed by atoms with E-state index in [1.807, 2.05) is 30.3 Å². The number of hydrogen-bond donors (Lipinski definition) is 1. The molecule has 0 aromatic heterocycles. The summed E-state index contributed by atoms with van der Waals surface area (Å²) in [6.07, 6.45) is 5.42. The van der Waals surface area contributed by atoms with E-state index in [0.29, 0.717) is 24.4 Å². The topological polar surface area (TPSA) is 29.5 Å². The van der Waals surface area contributed by atoms with Gasteiger partial charge < -0.3 is 9.84 Å². The molecule has 0 amide bonds. The summed E-state index contributed by atoms with van der Waals surface area (Å²) in [5.41, 5.74) is 5.23. The molecule has 4 aromatic rings. The molecule has 0 bridgehead atoms. The summed E-state index contributed by atoms with van der Waals surface area (Å²) in [6.45, 7) is 13.4. The van der Waals surface area contributed by atoms with E-state index < -0.39 is 0 Å². The summed E-state index contributed by atoms with van der Waals surface area (Å²) < 4.78 is 6.17. The fourth-order valence-corrected chi connectivity index (χ4v) is 5.76. The van der Waals surface area contributed by atoms with E-state index in [-0.39, 0.29) is 18.1 Å². The number of ether oxygens (including phenoxy) is 1. The first-order valence-electron chi connectivity index (χ1n) is 15.9. The minimum absolute atomic E-state index is 0.204. The molecule has 0 heterocycles. The molecule has 0 aliphatic rings. The highest BCUT2D eigenvalue weighted by Gasteiger charge is 2.26. The number of aliphatic hydroxyl groups excluding tert-OH is 1. The van der Waals surface area contributed by atoms with Gasteiger partial charge in [-0.2, -0.15) is 0 Å². The fraction of sp³-hybridized carbons (Fsp3) is 0.366.